The molecule has 5 nitrogen and oxygen atoms in total. The number of carbonyl (C=O) groups excluding carboxylic acids is 1. The Morgan fingerprint density at radius 2 is 2.20 bits per heavy atom. The number of hydrogen-bond donors (Lipinski definition) is 2. The smallest absolute Gasteiger partial charge is 0.257 e. The molecule has 1 aromatic carbocycles. The number of carbonyl (C=O) groups is 1. The highest BCUT2D eigenvalue weighted by Crippen LogP contribution is 2.12. The van der Waals surface area contributed by atoms with Crippen LogP contribution in [0.2, 0.25) is 0 Å². The Labute approximate surface area is 117 Å². The molecule has 1 heterocycles. The number of pyridine rings is 1. The highest BCUT2D eigenvalue weighted by Gasteiger charge is 2.07. The van der Waals surface area contributed by atoms with Crippen molar-refractivity contribution in [2.45, 2.75) is 6.92 Å². The second kappa shape index (κ2) is 6.34. The van der Waals surface area contributed by atoms with E-state index in [2.05, 4.69) is 15.6 Å². The number of nitriles is 1. The van der Waals surface area contributed by atoms with Gasteiger partial charge >= 0.3 is 0 Å². The molecule has 0 bridgehead atoms. The van der Waals surface area contributed by atoms with E-state index in [0.29, 0.717) is 16.8 Å². The minimum absolute atomic E-state index is 0.254. The molecule has 2 aromatic rings. The Kier molecular flexibility index (Phi) is 4.30. The number of anilines is 2. The first-order valence-electron chi connectivity index (χ1n) is 6.24. The van der Waals surface area contributed by atoms with E-state index in [1.165, 1.54) is 6.20 Å². The van der Waals surface area contributed by atoms with Crippen molar-refractivity contribution in [3.8, 4) is 6.07 Å². The first kappa shape index (κ1) is 13.6. The molecule has 100 valence electrons. The number of nitrogens with zero attached hydrogens (tertiary/aromatic N) is 2. The molecule has 1 amide bonds. The SMILES string of the molecule is CCNc1ccc(C(=O)Nc2cccc(C#N)c2)cn1. The monoisotopic (exact) mass is 266 g/mol. The van der Waals surface area contributed by atoms with Crippen LogP contribution in [0.4, 0.5) is 11.5 Å². The van der Waals surface area contributed by atoms with Crippen LogP contribution < -0.4 is 10.6 Å². The summed E-state index contributed by atoms with van der Waals surface area (Å²) in [5.41, 5.74) is 1.56. The normalized spacial score (nSPS) is 9.60. The van der Waals surface area contributed by atoms with Gasteiger partial charge in [-0.25, -0.2) is 4.98 Å². The van der Waals surface area contributed by atoms with Gasteiger partial charge in [-0.2, -0.15) is 5.26 Å². The Balaban J connectivity index is 2.09. The zero-order chi connectivity index (χ0) is 14.4. The minimum Gasteiger partial charge on any atom is -0.370 e. The van der Waals surface area contributed by atoms with E-state index in [1.807, 2.05) is 13.0 Å². The second-order valence-electron chi connectivity index (χ2n) is 4.11. The third-order valence-electron chi connectivity index (χ3n) is 2.63. The summed E-state index contributed by atoms with van der Waals surface area (Å²) in [7, 11) is 0. The molecule has 0 aliphatic rings. The quantitative estimate of drug-likeness (QED) is 0.891. The highest BCUT2D eigenvalue weighted by atomic mass is 16.1. The zero-order valence-electron chi connectivity index (χ0n) is 11.1. The van der Waals surface area contributed by atoms with Gasteiger partial charge in [-0.05, 0) is 37.3 Å². The molecule has 1 aromatic heterocycles. The molecule has 0 saturated carbocycles. The first-order chi connectivity index (χ1) is 9.72. The van der Waals surface area contributed by atoms with Crippen molar-refractivity contribution in [3.05, 3.63) is 53.7 Å². The fourth-order valence-electron chi connectivity index (χ4n) is 1.68. The molecule has 0 fully saturated rings. The van der Waals surface area contributed by atoms with Gasteiger partial charge in [-0.15, -0.1) is 0 Å². The Morgan fingerprint density at radius 1 is 1.35 bits per heavy atom. The predicted octanol–water partition coefficient (Wildman–Crippen LogP) is 2.64. The second-order valence-corrected chi connectivity index (χ2v) is 4.11. The molecular formula is C15H14N4O. The fourth-order valence-corrected chi connectivity index (χ4v) is 1.68. The van der Waals surface area contributed by atoms with E-state index in [-0.39, 0.29) is 5.91 Å². The van der Waals surface area contributed by atoms with E-state index in [1.54, 1.807) is 36.4 Å². The zero-order valence-corrected chi connectivity index (χ0v) is 11.1. The molecule has 20 heavy (non-hydrogen) atoms. The summed E-state index contributed by atoms with van der Waals surface area (Å²) in [5, 5.41) is 14.6. The standard InChI is InChI=1S/C15H14N4O/c1-2-17-14-7-6-12(10-18-14)15(20)19-13-5-3-4-11(8-13)9-16/h3-8,10H,2H2,1H3,(H,17,18)(H,19,20). The van der Waals surface area contributed by atoms with Crippen LogP contribution >= 0.6 is 0 Å². The van der Waals surface area contributed by atoms with E-state index in [9.17, 15) is 4.79 Å². The van der Waals surface area contributed by atoms with Gasteiger partial charge in [0.15, 0.2) is 0 Å². The third kappa shape index (κ3) is 3.33. The number of hydrogen-bond acceptors (Lipinski definition) is 4. The van der Waals surface area contributed by atoms with Crippen LogP contribution in [0.15, 0.2) is 42.6 Å². The van der Waals surface area contributed by atoms with Crippen molar-refractivity contribution in [3.63, 3.8) is 0 Å². The van der Waals surface area contributed by atoms with Crippen LogP contribution in [-0.4, -0.2) is 17.4 Å². The molecule has 2 N–H and O–H groups in total. The number of benzene rings is 1. The first-order valence-corrected chi connectivity index (χ1v) is 6.24. The van der Waals surface area contributed by atoms with Crippen LogP contribution in [0.25, 0.3) is 0 Å². The summed E-state index contributed by atoms with van der Waals surface area (Å²) in [6.45, 7) is 2.75. The maximum atomic E-state index is 12.0. The largest absolute Gasteiger partial charge is 0.370 e. The highest BCUT2D eigenvalue weighted by molar-refractivity contribution is 6.04. The van der Waals surface area contributed by atoms with Crippen molar-refractivity contribution in [1.82, 2.24) is 4.98 Å². The van der Waals surface area contributed by atoms with Crippen LogP contribution in [0, 0.1) is 11.3 Å². The summed E-state index contributed by atoms with van der Waals surface area (Å²) < 4.78 is 0. The summed E-state index contributed by atoms with van der Waals surface area (Å²) in [5.74, 6) is 0.478. The van der Waals surface area contributed by atoms with Crippen molar-refractivity contribution in [2.75, 3.05) is 17.2 Å². The van der Waals surface area contributed by atoms with E-state index in [4.69, 9.17) is 5.26 Å². The Morgan fingerprint density at radius 3 is 2.85 bits per heavy atom. The molecule has 0 radical (unpaired) electrons. The Hall–Kier alpha value is -2.87. The minimum atomic E-state index is -0.254. The molecule has 0 aliphatic heterocycles. The molecule has 0 unspecified atom stereocenters. The number of rotatable bonds is 4. The van der Waals surface area contributed by atoms with Crippen LogP contribution in [0.1, 0.15) is 22.8 Å². The number of nitrogens with one attached hydrogen (secondary N) is 2. The van der Waals surface area contributed by atoms with Crippen molar-refractivity contribution < 1.29 is 4.79 Å². The summed E-state index contributed by atoms with van der Waals surface area (Å²) in [4.78, 5) is 16.2. The van der Waals surface area contributed by atoms with Gasteiger partial charge in [0.05, 0.1) is 17.2 Å². The van der Waals surface area contributed by atoms with Gasteiger partial charge in [0.2, 0.25) is 0 Å². The van der Waals surface area contributed by atoms with Crippen LogP contribution in [0.5, 0.6) is 0 Å². The van der Waals surface area contributed by atoms with E-state index >= 15 is 0 Å². The maximum absolute atomic E-state index is 12.0. The lowest BCUT2D eigenvalue weighted by Gasteiger charge is -2.06. The average molecular weight is 266 g/mol. The van der Waals surface area contributed by atoms with Crippen LogP contribution in [-0.2, 0) is 0 Å². The van der Waals surface area contributed by atoms with Crippen molar-refractivity contribution >= 4 is 17.4 Å². The molecule has 0 saturated heterocycles. The van der Waals surface area contributed by atoms with Gasteiger partial charge < -0.3 is 10.6 Å². The average Bonchev–Trinajstić information content (AvgIpc) is 2.48. The number of aromatic nitrogens is 1. The molecule has 0 atom stereocenters. The fraction of sp³-hybridized carbons (Fsp3) is 0.133. The molecule has 0 aliphatic carbocycles. The van der Waals surface area contributed by atoms with Crippen molar-refractivity contribution in [2.24, 2.45) is 0 Å². The summed E-state index contributed by atoms with van der Waals surface area (Å²) in [6, 6.07) is 12.3. The van der Waals surface area contributed by atoms with Gasteiger partial charge in [0, 0.05) is 18.4 Å². The van der Waals surface area contributed by atoms with E-state index in [0.717, 1.165) is 12.4 Å². The van der Waals surface area contributed by atoms with Crippen molar-refractivity contribution in [1.29, 1.82) is 5.26 Å². The van der Waals surface area contributed by atoms with Crippen LogP contribution in [0.3, 0.4) is 0 Å². The molecular weight excluding hydrogens is 252 g/mol. The maximum Gasteiger partial charge on any atom is 0.257 e. The molecule has 5 heteroatoms. The van der Waals surface area contributed by atoms with Gasteiger partial charge in [0.25, 0.3) is 5.91 Å². The van der Waals surface area contributed by atoms with Gasteiger partial charge in [-0.1, -0.05) is 6.07 Å². The molecule has 0 spiro atoms. The topological polar surface area (TPSA) is 77.8 Å². The summed E-state index contributed by atoms with van der Waals surface area (Å²) >= 11 is 0. The number of amides is 1. The third-order valence-corrected chi connectivity index (χ3v) is 2.63. The lowest BCUT2D eigenvalue weighted by molar-refractivity contribution is 0.102. The van der Waals surface area contributed by atoms with Gasteiger partial charge in [-0.3, -0.25) is 4.79 Å². The predicted molar refractivity (Wildman–Crippen MR) is 77.5 cm³/mol. The molecule has 2 rings (SSSR count). The van der Waals surface area contributed by atoms with Gasteiger partial charge in [0.1, 0.15) is 5.82 Å². The van der Waals surface area contributed by atoms with E-state index < -0.39 is 0 Å². The lowest BCUT2D eigenvalue weighted by Crippen LogP contribution is -2.12. The summed E-state index contributed by atoms with van der Waals surface area (Å²) in [6.07, 6.45) is 1.52. The Bertz CT molecular complexity index is 644. The lowest BCUT2D eigenvalue weighted by atomic mass is 10.2.